The van der Waals surface area contributed by atoms with Crippen molar-refractivity contribution in [2.45, 2.75) is 18.9 Å². The van der Waals surface area contributed by atoms with E-state index in [1.165, 1.54) is 11.3 Å². The number of carbonyl (C=O) groups is 1. The minimum Gasteiger partial charge on any atom is -0.392 e. The van der Waals surface area contributed by atoms with Gasteiger partial charge in [-0.25, -0.2) is 0 Å². The molecule has 1 aromatic rings. The Bertz CT molecular complexity index is 411. The molecular weight excluding hydrogens is 266 g/mol. The molecule has 1 saturated heterocycles. The number of nitrogens with zero attached hydrogens (tertiary/aromatic N) is 1. The van der Waals surface area contributed by atoms with Crippen molar-refractivity contribution in [1.82, 2.24) is 10.2 Å². The van der Waals surface area contributed by atoms with E-state index in [-0.39, 0.29) is 11.9 Å². The number of hydrogen-bond acceptors (Lipinski definition) is 4. The molecule has 0 radical (unpaired) electrons. The van der Waals surface area contributed by atoms with Gasteiger partial charge in [-0.1, -0.05) is 18.3 Å². The topological polar surface area (TPSA) is 58.4 Å². The fourth-order valence-electron chi connectivity index (χ4n) is 2.12. The first-order valence-electron chi connectivity index (χ1n) is 6.00. The number of hydrogen-bond donors (Lipinski definition) is 2. The van der Waals surface area contributed by atoms with Crippen molar-refractivity contribution in [2.24, 2.45) is 5.73 Å². The van der Waals surface area contributed by atoms with E-state index in [0.29, 0.717) is 11.5 Å². The second-order valence-electron chi connectivity index (χ2n) is 4.47. The monoisotopic (exact) mass is 283 g/mol. The Morgan fingerprint density at radius 3 is 2.83 bits per heavy atom. The lowest BCUT2D eigenvalue weighted by molar-refractivity contribution is 0.0919. The Balaban J connectivity index is 1.77. The molecule has 0 saturated carbocycles. The van der Waals surface area contributed by atoms with E-state index in [1.807, 2.05) is 17.5 Å². The molecule has 0 unspecified atom stereocenters. The molecule has 1 aliphatic rings. The van der Waals surface area contributed by atoms with Crippen LogP contribution in [0.5, 0.6) is 0 Å². The van der Waals surface area contributed by atoms with Crippen molar-refractivity contribution in [2.75, 3.05) is 19.6 Å². The number of amides is 1. The summed E-state index contributed by atoms with van der Waals surface area (Å²) in [6.45, 7) is 2.56. The summed E-state index contributed by atoms with van der Waals surface area (Å²) in [5, 5.41) is 4.99. The van der Waals surface area contributed by atoms with Crippen LogP contribution >= 0.6 is 23.6 Å². The average Bonchev–Trinajstić information content (AvgIpc) is 2.84. The fraction of sp³-hybridized carbons (Fsp3) is 0.500. The van der Waals surface area contributed by atoms with E-state index in [9.17, 15) is 4.79 Å². The van der Waals surface area contributed by atoms with E-state index in [1.54, 1.807) is 0 Å². The normalized spacial score (nSPS) is 17.6. The van der Waals surface area contributed by atoms with Crippen molar-refractivity contribution < 1.29 is 4.79 Å². The Hall–Kier alpha value is -0.980. The van der Waals surface area contributed by atoms with Crippen LogP contribution in [0.25, 0.3) is 0 Å². The van der Waals surface area contributed by atoms with E-state index >= 15 is 0 Å². The third-order valence-corrected chi connectivity index (χ3v) is 4.04. The van der Waals surface area contributed by atoms with E-state index in [0.717, 1.165) is 30.8 Å². The quantitative estimate of drug-likeness (QED) is 0.816. The molecule has 1 fully saturated rings. The summed E-state index contributed by atoms with van der Waals surface area (Å²) < 4.78 is 0. The summed E-state index contributed by atoms with van der Waals surface area (Å²) in [5.41, 5.74) is 5.52. The van der Waals surface area contributed by atoms with E-state index in [4.69, 9.17) is 18.0 Å². The van der Waals surface area contributed by atoms with E-state index in [2.05, 4.69) is 10.2 Å². The van der Waals surface area contributed by atoms with Crippen LogP contribution in [0.2, 0.25) is 0 Å². The van der Waals surface area contributed by atoms with Crippen LogP contribution in [0, 0.1) is 0 Å². The van der Waals surface area contributed by atoms with Crippen molar-refractivity contribution >= 4 is 34.5 Å². The molecule has 0 bridgehead atoms. The van der Waals surface area contributed by atoms with Crippen LogP contribution in [0.1, 0.15) is 22.5 Å². The standard InChI is InChI=1S/C12H17N3OS2/c13-11(17)8-15-5-3-9(4-6-15)14-12(16)10-2-1-7-18-10/h1-2,7,9H,3-6,8H2,(H2,13,17)(H,14,16). The number of likely N-dealkylation sites (tertiary alicyclic amines) is 1. The molecule has 18 heavy (non-hydrogen) atoms. The highest BCUT2D eigenvalue weighted by molar-refractivity contribution is 7.80. The maximum Gasteiger partial charge on any atom is 0.261 e. The molecule has 0 spiro atoms. The van der Waals surface area contributed by atoms with Gasteiger partial charge >= 0.3 is 0 Å². The summed E-state index contributed by atoms with van der Waals surface area (Å²) in [5.74, 6) is 0.0396. The van der Waals surface area contributed by atoms with Crippen LogP contribution in [-0.4, -0.2) is 41.5 Å². The Kier molecular flexibility index (Phi) is 4.68. The lowest BCUT2D eigenvalue weighted by atomic mass is 10.1. The van der Waals surface area contributed by atoms with E-state index < -0.39 is 0 Å². The molecule has 4 nitrogen and oxygen atoms in total. The fourth-order valence-corrected chi connectivity index (χ4v) is 2.93. The Morgan fingerprint density at radius 1 is 1.56 bits per heavy atom. The van der Waals surface area contributed by atoms with Gasteiger partial charge in [0.1, 0.15) is 0 Å². The molecule has 6 heteroatoms. The molecule has 98 valence electrons. The van der Waals surface area contributed by atoms with Gasteiger partial charge in [-0.2, -0.15) is 0 Å². The average molecular weight is 283 g/mol. The lowest BCUT2D eigenvalue weighted by Gasteiger charge is -2.31. The molecule has 1 aromatic heterocycles. The van der Waals surface area contributed by atoms with Gasteiger partial charge < -0.3 is 11.1 Å². The highest BCUT2D eigenvalue weighted by Crippen LogP contribution is 2.13. The zero-order valence-electron chi connectivity index (χ0n) is 10.1. The van der Waals surface area contributed by atoms with Gasteiger partial charge in [0.25, 0.3) is 5.91 Å². The van der Waals surface area contributed by atoms with Crippen LogP contribution < -0.4 is 11.1 Å². The number of thiophene rings is 1. The summed E-state index contributed by atoms with van der Waals surface area (Å²) in [6, 6.07) is 4.01. The first kappa shape index (κ1) is 13.5. The summed E-state index contributed by atoms with van der Waals surface area (Å²) in [7, 11) is 0. The number of carbonyl (C=O) groups excluding carboxylic acids is 1. The molecule has 1 amide bonds. The molecule has 0 aromatic carbocycles. The number of thiocarbonyl (C=S) groups is 1. The summed E-state index contributed by atoms with van der Waals surface area (Å²) >= 11 is 6.37. The SMILES string of the molecule is NC(=S)CN1CCC(NC(=O)c2cccs2)CC1. The predicted octanol–water partition coefficient (Wildman–Crippen LogP) is 1.23. The largest absolute Gasteiger partial charge is 0.392 e. The maximum absolute atomic E-state index is 11.9. The minimum atomic E-state index is 0.0396. The first-order valence-corrected chi connectivity index (χ1v) is 7.29. The number of piperidine rings is 1. The molecule has 2 rings (SSSR count). The molecule has 0 aliphatic carbocycles. The second kappa shape index (κ2) is 6.26. The molecular formula is C12H17N3OS2. The second-order valence-corrected chi connectivity index (χ2v) is 5.94. The molecule has 0 atom stereocenters. The lowest BCUT2D eigenvalue weighted by Crippen LogP contribution is -2.46. The number of nitrogens with two attached hydrogens (primary N) is 1. The van der Waals surface area contributed by atoms with Crippen molar-refractivity contribution in [3.8, 4) is 0 Å². The van der Waals surface area contributed by atoms with Crippen LogP contribution in [0.15, 0.2) is 17.5 Å². The zero-order valence-corrected chi connectivity index (χ0v) is 11.7. The summed E-state index contributed by atoms with van der Waals surface area (Å²) in [6.07, 6.45) is 1.92. The Labute approximate surface area is 116 Å². The van der Waals surface area contributed by atoms with Crippen LogP contribution in [-0.2, 0) is 0 Å². The maximum atomic E-state index is 11.9. The Morgan fingerprint density at radius 2 is 2.28 bits per heavy atom. The van der Waals surface area contributed by atoms with Gasteiger partial charge in [-0.15, -0.1) is 11.3 Å². The molecule has 3 N–H and O–H groups in total. The van der Waals surface area contributed by atoms with Crippen molar-refractivity contribution in [1.29, 1.82) is 0 Å². The highest BCUT2D eigenvalue weighted by atomic mass is 32.1. The minimum absolute atomic E-state index is 0.0396. The zero-order chi connectivity index (χ0) is 13.0. The van der Waals surface area contributed by atoms with Gasteiger partial charge in [-0.05, 0) is 24.3 Å². The molecule has 1 aliphatic heterocycles. The summed E-state index contributed by atoms with van der Waals surface area (Å²) in [4.78, 5) is 15.4. The van der Waals surface area contributed by atoms with Gasteiger partial charge in [0, 0.05) is 25.7 Å². The third kappa shape index (κ3) is 3.76. The highest BCUT2D eigenvalue weighted by Gasteiger charge is 2.21. The van der Waals surface area contributed by atoms with Gasteiger partial charge in [0.15, 0.2) is 0 Å². The van der Waals surface area contributed by atoms with Gasteiger partial charge in [-0.3, -0.25) is 9.69 Å². The predicted molar refractivity (Wildman–Crippen MR) is 78.0 cm³/mol. The molecule has 2 heterocycles. The van der Waals surface area contributed by atoms with Gasteiger partial charge in [0.2, 0.25) is 0 Å². The third-order valence-electron chi connectivity index (χ3n) is 3.05. The first-order chi connectivity index (χ1) is 8.65. The van der Waals surface area contributed by atoms with Crippen LogP contribution in [0.4, 0.5) is 0 Å². The van der Waals surface area contributed by atoms with Crippen LogP contribution in [0.3, 0.4) is 0 Å². The van der Waals surface area contributed by atoms with Gasteiger partial charge in [0.05, 0.1) is 9.87 Å². The van der Waals surface area contributed by atoms with Crippen molar-refractivity contribution in [3.05, 3.63) is 22.4 Å². The number of nitrogens with one attached hydrogen (secondary N) is 1. The van der Waals surface area contributed by atoms with Crippen molar-refractivity contribution in [3.63, 3.8) is 0 Å². The smallest absolute Gasteiger partial charge is 0.261 e. The number of rotatable bonds is 4.